The first kappa shape index (κ1) is 12.2. The summed E-state index contributed by atoms with van der Waals surface area (Å²) in [4.78, 5) is 0. The molecule has 0 amide bonds. The summed E-state index contributed by atoms with van der Waals surface area (Å²) in [7, 11) is -0.303. The van der Waals surface area contributed by atoms with Crippen LogP contribution >= 0.6 is 0 Å². The molecular formula is C13H16BNO2. The largest absolute Gasteiger partial charge is 0.489 e. The molecule has 4 heteroatoms. The van der Waals surface area contributed by atoms with Crippen molar-refractivity contribution in [2.75, 3.05) is 13.2 Å². The van der Waals surface area contributed by atoms with Gasteiger partial charge in [0.1, 0.15) is 0 Å². The summed E-state index contributed by atoms with van der Waals surface area (Å²) in [6.07, 6.45) is 8.21. The van der Waals surface area contributed by atoms with Crippen LogP contribution in [0.3, 0.4) is 0 Å². The number of nitriles is 1. The lowest BCUT2D eigenvalue weighted by Crippen LogP contribution is -2.41. The predicted molar refractivity (Wildman–Crippen MR) is 67.0 cm³/mol. The first-order valence-electron chi connectivity index (χ1n) is 5.80. The van der Waals surface area contributed by atoms with Gasteiger partial charge in [0.25, 0.3) is 0 Å². The second-order valence-electron chi connectivity index (χ2n) is 5.23. The molecule has 0 saturated carbocycles. The highest BCUT2D eigenvalue weighted by Gasteiger charge is 2.34. The average molecular weight is 229 g/mol. The molecule has 1 heterocycles. The quantitative estimate of drug-likeness (QED) is 0.648. The zero-order valence-corrected chi connectivity index (χ0v) is 10.3. The fourth-order valence-electron chi connectivity index (χ4n) is 1.83. The SMILES string of the molecule is CC1(C)COB(C2=CC=CC=C(C#N)C2)OC1. The Bertz CT molecular complexity index is 419. The Balaban J connectivity index is 2.05. The van der Waals surface area contributed by atoms with Gasteiger partial charge >= 0.3 is 7.12 Å². The molecule has 2 rings (SSSR count). The lowest BCUT2D eigenvalue weighted by molar-refractivity contribution is 0.0319. The summed E-state index contributed by atoms with van der Waals surface area (Å²) in [6.45, 7) is 5.60. The van der Waals surface area contributed by atoms with Crippen molar-refractivity contribution in [1.82, 2.24) is 0 Å². The number of allylic oxidation sites excluding steroid dienone is 6. The molecule has 17 heavy (non-hydrogen) atoms. The van der Waals surface area contributed by atoms with E-state index in [0.29, 0.717) is 19.6 Å². The smallest absolute Gasteiger partial charge is 0.407 e. The molecule has 0 N–H and O–H groups in total. The van der Waals surface area contributed by atoms with E-state index in [2.05, 4.69) is 19.9 Å². The molecule has 1 fully saturated rings. The maximum Gasteiger partial charge on any atom is 0.489 e. The Labute approximate surface area is 103 Å². The van der Waals surface area contributed by atoms with Crippen molar-refractivity contribution in [3.8, 4) is 6.07 Å². The highest BCUT2D eigenvalue weighted by Crippen LogP contribution is 2.26. The minimum atomic E-state index is -0.303. The second kappa shape index (κ2) is 4.91. The molecule has 0 radical (unpaired) electrons. The summed E-state index contributed by atoms with van der Waals surface area (Å²) in [6, 6.07) is 2.19. The molecule has 2 aliphatic rings. The van der Waals surface area contributed by atoms with Gasteiger partial charge in [-0.15, -0.1) is 0 Å². The number of rotatable bonds is 1. The Morgan fingerprint density at radius 1 is 1.24 bits per heavy atom. The van der Waals surface area contributed by atoms with E-state index in [1.54, 1.807) is 0 Å². The van der Waals surface area contributed by atoms with Gasteiger partial charge in [-0.1, -0.05) is 32.1 Å². The van der Waals surface area contributed by atoms with Crippen LogP contribution in [0.5, 0.6) is 0 Å². The Morgan fingerprint density at radius 2 is 1.88 bits per heavy atom. The van der Waals surface area contributed by atoms with E-state index in [1.165, 1.54) is 0 Å². The van der Waals surface area contributed by atoms with E-state index < -0.39 is 0 Å². The summed E-state index contributed by atoms with van der Waals surface area (Å²) in [5.41, 5.74) is 1.83. The maximum absolute atomic E-state index is 8.95. The number of hydrogen-bond acceptors (Lipinski definition) is 3. The zero-order chi connectivity index (χ0) is 12.3. The van der Waals surface area contributed by atoms with E-state index in [4.69, 9.17) is 14.6 Å². The third kappa shape index (κ3) is 3.09. The standard InChI is InChI=1S/C13H16BNO2/c1-13(2)9-16-14(17-10-13)12-6-4-3-5-11(7-12)8-15/h3-6H,7,9-10H2,1-2H3. The van der Waals surface area contributed by atoms with Gasteiger partial charge in [0.2, 0.25) is 0 Å². The monoisotopic (exact) mass is 229 g/mol. The van der Waals surface area contributed by atoms with Crippen LogP contribution in [0.25, 0.3) is 0 Å². The molecular weight excluding hydrogens is 213 g/mol. The van der Waals surface area contributed by atoms with Crippen molar-refractivity contribution < 1.29 is 9.31 Å². The van der Waals surface area contributed by atoms with Gasteiger partial charge in [0.05, 0.1) is 6.07 Å². The normalized spacial score (nSPS) is 23.5. The van der Waals surface area contributed by atoms with Crippen molar-refractivity contribution in [2.24, 2.45) is 5.41 Å². The van der Waals surface area contributed by atoms with Crippen LogP contribution in [0, 0.1) is 16.7 Å². The Kier molecular flexibility index (Phi) is 3.51. The predicted octanol–water partition coefficient (Wildman–Crippen LogP) is 2.42. The topological polar surface area (TPSA) is 42.2 Å². The molecule has 3 nitrogen and oxygen atoms in total. The zero-order valence-electron chi connectivity index (χ0n) is 10.3. The number of hydrogen-bond donors (Lipinski definition) is 0. The van der Waals surface area contributed by atoms with E-state index in [-0.39, 0.29) is 12.5 Å². The molecule has 1 saturated heterocycles. The first-order chi connectivity index (χ1) is 8.11. The summed E-state index contributed by atoms with van der Waals surface area (Å²) in [5.74, 6) is 0. The van der Waals surface area contributed by atoms with Crippen LogP contribution < -0.4 is 0 Å². The van der Waals surface area contributed by atoms with Crippen LogP contribution in [0.4, 0.5) is 0 Å². The van der Waals surface area contributed by atoms with E-state index >= 15 is 0 Å². The third-order valence-electron chi connectivity index (χ3n) is 2.81. The second-order valence-corrected chi connectivity index (χ2v) is 5.23. The van der Waals surface area contributed by atoms with E-state index in [1.807, 2.05) is 24.3 Å². The van der Waals surface area contributed by atoms with Crippen molar-refractivity contribution >= 4 is 7.12 Å². The lowest BCUT2D eigenvalue weighted by atomic mass is 9.72. The van der Waals surface area contributed by atoms with Gasteiger partial charge in [-0.3, -0.25) is 0 Å². The van der Waals surface area contributed by atoms with Gasteiger partial charge in [-0.2, -0.15) is 5.26 Å². The maximum atomic E-state index is 8.95. The van der Waals surface area contributed by atoms with Crippen molar-refractivity contribution in [2.45, 2.75) is 20.3 Å². The Hall–Kier alpha value is -1.31. The van der Waals surface area contributed by atoms with Gasteiger partial charge < -0.3 is 9.31 Å². The van der Waals surface area contributed by atoms with Crippen molar-refractivity contribution in [3.05, 3.63) is 35.3 Å². The van der Waals surface area contributed by atoms with Gasteiger partial charge in [0.15, 0.2) is 0 Å². The van der Waals surface area contributed by atoms with E-state index in [9.17, 15) is 0 Å². The van der Waals surface area contributed by atoms with E-state index in [0.717, 1.165) is 11.0 Å². The molecule has 1 aliphatic heterocycles. The highest BCUT2D eigenvalue weighted by atomic mass is 16.6. The molecule has 0 aromatic rings. The summed E-state index contributed by atoms with van der Waals surface area (Å²) < 4.78 is 11.4. The van der Waals surface area contributed by atoms with Crippen LogP contribution in [0.1, 0.15) is 20.3 Å². The van der Waals surface area contributed by atoms with Crippen molar-refractivity contribution in [1.29, 1.82) is 5.26 Å². The molecule has 0 aromatic carbocycles. The summed E-state index contributed by atoms with van der Waals surface area (Å²) >= 11 is 0. The minimum Gasteiger partial charge on any atom is -0.407 e. The van der Waals surface area contributed by atoms with Gasteiger partial charge in [0, 0.05) is 30.6 Å². The lowest BCUT2D eigenvalue weighted by Gasteiger charge is -2.33. The van der Waals surface area contributed by atoms with Crippen molar-refractivity contribution in [3.63, 3.8) is 0 Å². The molecule has 1 aliphatic carbocycles. The molecule has 0 bridgehead atoms. The molecule has 0 unspecified atom stereocenters. The highest BCUT2D eigenvalue weighted by molar-refractivity contribution is 6.54. The minimum absolute atomic E-state index is 0.0749. The van der Waals surface area contributed by atoms with Gasteiger partial charge in [-0.25, -0.2) is 0 Å². The molecule has 0 spiro atoms. The van der Waals surface area contributed by atoms with Crippen LogP contribution in [-0.4, -0.2) is 20.3 Å². The first-order valence-corrected chi connectivity index (χ1v) is 5.80. The Morgan fingerprint density at radius 3 is 2.53 bits per heavy atom. The average Bonchev–Trinajstić information content (AvgIpc) is 2.54. The molecule has 88 valence electrons. The third-order valence-corrected chi connectivity index (χ3v) is 2.81. The number of nitrogens with zero attached hydrogens (tertiary/aromatic N) is 1. The fourth-order valence-corrected chi connectivity index (χ4v) is 1.83. The van der Waals surface area contributed by atoms with Crippen LogP contribution in [0.15, 0.2) is 35.3 Å². The van der Waals surface area contributed by atoms with Crippen LogP contribution in [-0.2, 0) is 9.31 Å². The fraction of sp³-hybridized carbons (Fsp3) is 0.462. The summed E-state index contributed by atoms with van der Waals surface area (Å²) in [5, 5.41) is 8.95. The molecule has 0 aromatic heterocycles. The molecule has 0 atom stereocenters. The van der Waals surface area contributed by atoms with Gasteiger partial charge in [-0.05, 0) is 11.5 Å². The van der Waals surface area contributed by atoms with Crippen LogP contribution in [0.2, 0.25) is 0 Å².